The van der Waals surface area contributed by atoms with Crippen molar-refractivity contribution < 1.29 is 13.2 Å². The summed E-state index contributed by atoms with van der Waals surface area (Å²) in [5.41, 5.74) is 2.50. The highest BCUT2D eigenvalue weighted by atomic mass is 32.2. The fourth-order valence-corrected chi connectivity index (χ4v) is 4.81. The summed E-state index contributed by atoms with van der Waals surface area (Å²) in [6.07, 6.45) is 0. The van der Waals surface area contributed by atoms with Crippen LogP contribution in [0.5, 0.6) is 0 Å². The number of thiophene rings is 1. The van der Waals surface area contributed by atoms with Crippen molar-refractivity contribution >= 4 is 43.7 Å². The number of carbonyl (C=O) groups excluding carboxylic acids is 1. The van der Waals surface area contributed by atoms with E-state index in [0.717, 1.165) is 5.56 Å². The Balaban J connectivity index is 1.89. The van der Waals surface area contributed by atoms with Gasteiger partial charge in [0.25, 0.3) is 5.91 Å². The number of nitrogens with one attached hydrogen (secondary N) is 2. The topological polar surface area (TPSA) is 101 Å². The minimum Gasteiger partial charge on any atom is -0.296 e. The Morgan fingerprint density at radius 2 is 1.96 bits per heavy atom. The molecule has 3 rings (SSSR count). The third kappa shape index (κ3) is 3.68. The predicted octanol–water partition coefficient (Wildman–Crippen LogP) is 3.04. The van der Waals surface area contributed by atoms with E-state index in [-0.39, 0.29) is 10.5 Å². The smallest absolute Gasteiger partial charge is 0.257 e. The second-order valence-electron chi connectivity index (χ2n) is 5.50. The zero-order chi connectivity index (χ0) is 18.9. The maximum absolute atomic E-state index is 12.6. The van der Waals surface area contributed by atoms with E-state index in [9.17, 15) is 13.2 Å². The van der Waals surface area contributed by atoms with Crippen LogP contribution in [-0.4, -0.2) is 31.6 Å². The number of anilines is 1. The highest BCUT2D eigenvalue weighted by Gasteiger charge is 2.20. The molecule has 136 valence electrons. The normalized spacial score (nSPS) is 11.5. The molecule has 2 N–H and O–H groups in total. The first kappa shape index (κ1) is 18.6. The lowest BCUT2D eigenvalue weighted by Gasteiger charge is -2.11. The van der Waals surface area contributed by atoms with E-state index in [0.29, 0.717) is 21.3 Å². The largest absolute Gasteiger partial charge is 0.296 e. The van der Waals surface area contributed by atoms with Crippen molar-refractivity contribution in [2.24, 2.45) is 0 Å². The van der Waals surface area contributed by atoms with E-state index in [1.165, 1.54) is 24.5 Å². The monoisotopic (exact) mass is 408 g/mol. The molecule has 0 aliphatic heterocycles. The Morgan fingerprint density at radius 3 is 2.62 bits per heavy atom. The van der Waals surface area contributed by atoms with Crippen molar-refractivity contribution in [3.8, 4) is 10.6 Å². The van der Waals surface area contributed by atoms with Crippen LogP contribution in [0.25, 0.3) is 10.6 Å². The number of rotatable bonds is 5. The molecule has 1 aromatic carbocycles. The van der Waals surface area contributed by atoms with Gasteiger partial charge in [0.05, 0.1) is 4.90 Å². The number of benzene rings is 1. The van der Waals surface area contributed by atoms with Gasteiger partial charge in [-0.1, -0.05) is 11.3 Å². The Morgan fingerprint density at radius 1 is 1.19 bits per heavy atom. The Kier molecular flexibility index (Phi) is 5.19. The quantitative estimate of drug-likeness (QED) is 0.676. The molecule has 26 heavy (non-hydrogen) atoms. The molecule has 3 aromatic rings. The molecule has 0 radical (unpaired) electrons. The van der Waals surface area contributed by atoms with Crippen LogP contribution < -0.4 is 10.0 Å². The molecule has 2 heterocycles. The van der Waals surface area contributed by atoms with Gasteiger partial charge in [0, 0.05) is 16.5 Å². The second-order valence-corrected chi connectivity index (χ2v) is 9.11. The van der Waals surface area contributed by atoms with Crippen LogP contribution >= 0.6 is 22.7 Å². The number of hydrogen-bond acceptors (Lipinski definition) is 7. The maximum atomic E-state index is 12.6. The summed E-state index contributed by atoms with van der Waals surface area (Å²) in [6.45, 7) is 3.47. The van der Waals surface area contributed by atoms with Gasteiger partial charge in [0.15, 0.2) is 0 Å². The summed E-state index contributed by atoms with van der Waals surface area (Å²) in [5.74, 6) is -0.436. The van der Waals surface area contributed by atoms with E-state index in [4.69, 9.17) is 0 Å². The summed E-state index contributed by atoms with van der Waals surface area (Å²) in [4.78, 5) is 12.6. The minimum absolute atomic E-state index is 0.0846. The van der Waals surface area contributed by atoms with Crippen molar-refractivity contribution in [3.05, 3.63) is 45.6 Å². The number of sulfonamides is 1. The summed E-state index contributed by atoms with van der Waals surface area (Å²) < 4.78 is 26.6. The van der Waals surface area contributed by atoms with Crippen LogP contribution in [0.2, 0.25) is 0 Å². The van der Waals surface area contributed by atoms with Crippen LogP contribution in [-0.2, 0) is 10.0 Å². The SMILES string of the molecule is CNS(=O)(=O)c1cc(C(=O)Nc2nnc(-c3ccsc3)s2)cc(C)c1C. The van der Waals surface area contributed by atoms with Crippen molar-refractivity contribution in [2.75, 3.05) is 12.4 Å². The fraction of sp³-hybridized carbons (Fsp3) is 0.188. The van der Waals surface area contributed by atoms with Crippen LogP contribution in [0.15, 0.2) is 33.9 Å². The fourth-order valence-electron chi connectivity index (χ4n) is 2.29. The van der Waals surface area contributed by atoms with E-state index in [2.05, 4.69) is 20.2 Å². The van der Waals surface area contributed by atoms with Gasteiger partial charge in [-0.3, -0.25) is 10.1 Å². The number of aromatic nitrogens is 2. The van der Waals surface area contributed by atoms with Crippen molar-refractivity contribution in [2.45, 2.75) is 18.7 Å². The van der Waals surface area contributed by atoms with Crippen LogP contribution in [0.3, 0.4) is 0 Å². The van der Waals surface area contributed by atoms with Crippen molar-refractivity contribution in [3.63, 3.8) is 0 Å². The molecule has 0 saturated carbocycles. The molecule has 0 aliphatic rings. The average molecular weight is 409 g/mol. The molecular formula is C16H16N4O3S3. The van der Waals surface area contributed by atoms with Crippen molar-refractivity contribution in [1.82, 2.24) is 14.9 Å². The first-order chi connectivity index (χ1) is 12.3. The second kappa shape index (κ2) is 7.23. The zero-order valence-corrected chi connectivity index (χ0v) is 16.7. The lowest BCUT2D eigenvalue weighted by Crippen LogP contribution is -2.21. The molecule has 0 aliphatic carbocycles. The first-order valence-electron chi connectivity index (χ1n) is 7.54. The van der Waals surface area contributed by atoms with E-state index >= 15 is 0 Å². The Hall–Kier alpha value is -2.14. The van der Waals surface area contributed by atoms with Gasteiger partial charge < -0.3 is 0 Å². The van der Waals surface area contributed by atoms with Gasteiger partial charge >= 0.3 is 0 Å². The number of hydrogen-bond donors (Lipinski definition) is 2. The number of carbonyl (C=O) groups is 1. The highest BCUT2D eigenvalue weighted by Crippen LogP contribution is 2.28. The lowest BCUT2D eigenvalue weighted by molar-refractivity contribution is 0.102. The molecule has 0 saturated heterocycles. The number of aryl methyl sites for hydroxylation is 1. The van der Waals surface area contributed by atoms with Crippen LogP contribution in [0.1, 0.15) is 21.5 Å². The van der Waals surface area contributed by atoms with Gasteiger partial charge in [0.2, 0.25) is 15.2 Å². The lowest BCUT2D eigenvalue weighted by atomic mass is 10.1. The molecule has 1 amide bonds. The summed E-state index contributed by atoms with van der Waals surface area (Å²) in [7, 11) is -2.32. The third-order valence-electron chi connectivity index (χ3n) is 3.85. The Labute approximate surface area is 159 Å². The van der Waals surface area contributed by atoms with E-state index in [1.807, 2.05) is 16.8 Å². The molecular weight excluding hydrogens is 392 g/mol. The van der Waals surface area contributed by atoms with E-state index < -0.39 is 15.9 Å². The highest BCUT2D eigenvalue weighted by molar-refractivity contribution is 7.89. The predicted molar refractivity (Wildman–Crippen MR) is 103 cm³/mol. The van der Waals surface area contributed by atoms with E-state index in [1.54, 1.807) is 31.3 Å². The summed E-state index contributed by atoms with van der Waals surface area (Å²) in [5, 5.41) is 15.7. The van der Waals surface area contributed by atoms with Crippen molar-refractivity contribution in [1.29, 1.82) is 0 Å². The minimum atomic E-state index is -3.66. The van der Waals surface area contributed by atoms with Crippen LogP contribution in [0.4, 0.5) is 5.13 Å². The maximum Gasteiger partial charge on any atom is 0.257 e. The average Bonchev–Trinajstić information content (AvgIpc) is 3.28. The van der Waals surface area contributed by atoms with Gasteiger partial charge in [0.1, 0.15) is 5.01 Å². The van der Waals surface area contributed by atoms with Crippen LogP contribution in [0, 0.1) is 13.8 Å². The standard InChI is InChI=1S/C16H16N4O3S3/c1-9-6-12(7-13(10(9)2)26(22,23)17-3)14(21)18-16-20-19-15(25-16)11-4-5-24-8-11/h4-8,17H,1-3H3,(H,18,20,21). The van der Waals surface area contributed by atoms with Gasteiger partial charge in [-0.05, 0) is 55.6 Å². The number of nitrogens with zero attached hydrogens (tertiary/aromatic N) is 2. The first-order valence-corrected chi connectivity index (χ1v) is 10.8. The summed E-state index contributed by atoms with van der Waals surface area (Å²) in [6, 6.07) is 4.94. The van der Waals surface area contributed by atoms with Gasteiger partial charge in [-0.2, -0.15) is 11.3 Å². The molecule has 10 heteroatoms. The molecule has 0 unspecified atom stereocenters. The molecule has 0 fully saturated rings. The molecule has 0 bridgehead atoms. The third-order valence-corrected chi connectivity index (χ3v) is 6.97. The Bertz CT molecular complexity index is 1060. The molecule has 0 atom stereocenters. The number of amides is 1. The van der Waals surface area contributed by atoms with Gasteiger partial charge in [-0.15, -0.1) is 10.2 Å². The summed E-state index contributed by atoms with van der Waals surface area (Å²) >= 11 is 2.81. The molecule has 2 aromatic heterocycles. The molecule has 0 spiro atoms. The molecule has 7 nitrogen and oxygen atoms in total. The zero-order valence-electron chi connectivity index (χ0n) is 14.2. The van der Waals surface area contributed by atoms with Gasteiger partial charge in [-0.25, -0.2) is 13.1 Å².